The summed E-state index contributed by atoms with van der Waals surface area (Å²) < 4.78 is 0. The van der Waals surface area contributed by atoms with Gasteiger partial charge < -0.3 is 25.1 Å². The largest absolute Gasteiger partial charge is 2.00 e. The first-order valence-electron chi connectivity index (χ1n) is 4.61. The maximum atomic E-state index is 7.00. The van der Waals surface area contributed by atoms with E-state index in [2.05, 4.69) is 20.8 Å². The molecule has 2 unspecified atom stereocenters. The Kier molecular flexibility index (Phi) is 39.7. The van der Waals surface area contributed by atoms with Crippen molar-refractivity contribution in [3.05, 3.63) is 14.9 Å². The molecule has 0 aliphatic heterocycles. The topological polar surface area (TPSA) is 40.5 Å². The molecule has 2 N–H and O–H groups in total. The van der Waals surface area contributed by atoms with E-state index in [9.17, 15) is 0 Å². The molecule has 0 spiro atoms. The first-order chi connectivity index (χ1) is 5.72. The van der Waals surface area contributed by atoms with Crippen molar-refractivity contribution in [2.45, 2.75) is 33.6 Å². The molecule has 15 heavy (non-hydrogen) atoms. The van der Waals surface area contributed by atoms with Gasteiger partial charge in [0.2, 0.25) is 0 Å². The van der Waals surface area contributed by atoms with Crippen LogP contribution in [-0.2, 0) is 21.7 Å². The third kappa shape index (κ3) is 12.6. The number of aliphatic hydroxyl groups is 2. The fourth-order valence-electron chi connectivity index (χ4n) is 1.61. The Morgan fingerprint density at radius 3 is 1.00 bits per heavy atom. The van der Waals surface area contributed by atoms with Gasteiger partial charge in [-0.05, 0) is 17.8 Å². The molecule has 3 heteroatoms. The van der Waals surface area contributed by atoms with E-state index in [-0.39, 0.29) is 36.6 Å². The van der Waals surface area contributed by atoms with E-state index in [1.54, 1.807) is 0 Å². The predicted octanol–water partition coefficient (Wildman–Crippen LogP) is 2.80. The summed E-state index contributed by atoms with van der Waals surface area (Å²) in [5.41, 5.74) is 0. The van der Waals surface area contributed by atoms with E-state index >= 15 is 0 Å². The van der Waals surface area contributed by atoms with Crippen LogP contribution in [0.5, 0.6) is 0 Å². The van der Waals surface area contributed by atoms with Crippen molar-refractivity contribution < 1.29 is 31.9 Å². The fraction of sp³-hybridized carbons (Fsp3) is 0.833. The number of hydrogen-bond acceptors (Lipinski definition) is 2. The standard InChI is InChI=1S/C8H16.2CH4O.2CH3.Ti/c1-6-4-5-7(2)8(6)3;2*1-2;;;/h6-8H,4-5H2,1-3H3;2*2H,1H3;2*1H3;/q;;;2*-1;+2. The van der Waals surface area contributed by atoms with Gasteiger partial charge in [0.1, 0.15) is 0 Å². The van der Waals surface area contributed by atoms with Crippen LogP contribution in [0.1, 0.15) is 33.6 Å². The first kappa shape index (κ1) is 29.6. The molecule has 0 aromatic carbocycles. The monoisotopic (exact) mass is 254 g/mol. The molecule has 0 aromatic rings. The van der Waals surface area contributed by atoms with Crippen molar-refractivity contribution in [3.8, 4) is 0 Å². The molecule has 1 aliphatic rings. The Balaban J connectivity index is -0.0000000432. The Morgan fingerprint density at radius 1 is 0.733 bits per heavy atom. The number of hydrogen-bond donors (Lipinski definition) is 2. The molecule has 1 fully saturated rings. The van der Waals surface area contributed by atoms with E-state index in [0.29, 0.717) is 0 Å². The average Bonchev–Trinajstić information content (AvgIpc) is 2.43. The van der Waals surface area contributed by atoms with E-state index < -0.39 is 0 Å². The van der Waals surface area contributed by atoms with Crippen molar-refractivity contribution >= 4 is 0 Å². The molecule has 1 saturated carbocycles. The number of rotatable bonds is 0. The smallest absolute Gasteiger partial charge is 0.400 e. The molecule has 1 rings (SSSR count). The summed E-state index contributed by atoms with van der Waals surface area (Å²) in [6.45, 7) is 7.12. The third-order valence-electron chi connectivity index (χ3n) is 2.87. The summed E-state index contributed by atoms with van der Waals surface area (Å²) in [4.78, 5) is 0. The van der Waals surface area contributed by atoms with Gasteiger partial charge in [0.05, 0.1) is 0 Å². The van der Waals surface area contributed by atoms with Gasteiger partial charge in [-0.2, -0.15) is 0 Å². The quantitative estimate of drug-likeness (QED) is 0.515. The molecule has 0 saturated heterocycles. The van der Waals surface area contributed by atoms with E-state index in [4.69, 9.17) is 10.2 Å². The van der Waals surface area contributed by atoms with E-state index in [1.807, 2.05) is 0 Å². The van der Waals surface area contributed by atoms with E-state index in [0.717, 1.165) is 32.0 Å². The summed E-state index contributed by atoms with van der Waals surface area (Å²) >= 11 is 0. The molecular weight excluding hydrogens is 224 g/mol. The van der Waals surface area contributed by atoms with Crippen LogP contribution in [-0.4, -0.2) is 24.4 Å². The molecule has 0 amide bonds. The summed E-state index contributed by atoms with van der Waals surface area (Å²) in [7, 11) is 2.00. The summed E-state index contributed by atoms with van der Waals surface area (Å²) in [6.07, 6.45) is 2.92. The van der Waals surface area contributed by atoms with Gasteiger partial charge in [-0.15, -0.1) is 0 Å². The van der Waals surface area contributed by atoms with Crippen LogP contribution in [0.3, 0.4) is 0 Å². The molecule has 2 atom stereocenters. The maximum absolute atomic E-state index is 7.00. The Labute approximate surface area is 112 Å². The molecular formula is C12H30O2Ti. The second-order valence-electron chi connectivity index (χ2n) is 3.39. The third-order valence-corrected chi connectivity index (χ3v) is 2.87. The molecule has 0 bridgehead atoms. The number of aliphatic hydroxyl groups excluding tert-OH is 2. The van der Waals surface area contributed by atoms with Gasteiger partial charge in [0.15, 0.2) is 0 Å². The minimum atomic E-state index is 0. The molecule has 94 valence electrons. The SMILES string of the molecule is CC1CCC(C)C1C.CO.CO.[CH3-].[CH3-].[Ti+2]. The molecule has 2 nitrogen and oxygen atoms in total. The van der Waals surface area contributed by atoms with Crippen LogP contribution in [0.2, 0.25) is 0 Å². The van der Waals surface area contributed by atoms with Crippen molar-refractivity contribution in [1.29, 1.82) is 0 Å². The van der Waals surface area contributed by atoms with Gasteiger partial charge in [-0.1, -0.05) is 33.6 Å². The zero-order valence-corrected chi connectivity index (χ0v) is 13.1. The van der Waals surface area contributed by atoms with Crippen molar-refractivity contribution in [3.63, 3.8) is 0 Å². The van der Waals surface area contributed by atoms with E-state index in [1.165, 1.54) is 12.8 Å². The van der Waals surface area contributed by atoms with Gasteiger partial charge in [0, 0.05) is 14.2 Å². The second-order valence-corrected chi connectivity index (χ2v) is 3.39. The van der Waals surface area contributed by atoms with Gasteiger partial charge in [0.25, 0.3) is 0 Å². The minimum absolute atomic E-state index is 0. The Bertz CT molecular complexity index is 79.7. The van der Waals surface area contributed by atoms with Crippen LogP contribution in [0, 0.1) is 32.6 Å². The Morgan fingerprint density at radius 2 is 0.933 bits per heavy atom. The predicted molar refractivity (Wildman–Crippen MR) is 65.8 cm³/mol. The fourth-order valence-corrected chi connectivity index (χ4v) is 1.61. The molecule has 0 radical (unpaired) electrons. The van der Waals surface area contributed by atoms with Gasteiger partial charge >= 0.3 is 21.7 Å². The molecule has 1 aliphatic carbocycles. The van der Waals surface area contributed by atoms with Crippen molar-refractivity contribution in [2.24, 2.45) is 17.8 Å². The van der Waals surface area contributed by atoms with Crippen LogP contribution < -0.4 is 0 Å². The van der Waals surface area contributed by atoms with Crippen molar-refractivity contribution in [2.75, 3.05) is 14.2 Å². The van der Waals surface area contributed by atoms with Crippen molar-refractivity contribution in [1.82, 2.24) is 0 Å². The Hall–Kier alpha value is 0.634. The average molecular weight is 254 g/mol. The molecule has 0 heterocycles. The second kappa shape index (κ2) is 20.1. The molecule has 0 aromatic heterocycles. The van der Waals surface area contributed by atoms with Crippen LogP contribution in [0.15, 0.2) is 0 Å². The summed E-state index contributed by atoms with van der Waals surface area (Å²) in [5, 5.41) is 14.0. The summed E-state index contributed by atoms with van der Waals surface area (Å²) in [5.74, 6) is 2.96. The normalized spacial score (nSPS) is 26.2. The summed E-state index contributed by atoms with van der Waals surface area (Å²) in [6, 6.07) is 0. The van der Waals surface area contributed by atoms with Crippen LogP contribution in [0.4, 0.5) is 0 Å². The minimum Gasteiger partial charge on any atom is -0.400 e. The van der Waals surface area contributed by atoms with Gasteiger partial charge in [-0.3, -0.25) is 0 Å². The maximum Gasteiger partial charge on any atom is 2.00 e. The van der Waals surface area contributed by atoms with Crippen LogP contribution >= 0.6 is 0 Å². The van der Waals surface area contributed by atoms with Crippen LogP contribution in [0.25, 0.3) is 0 Å². The zero-order valence-electron chi connectivity index (χ0n) is 11.5. The zero-order chi connectivity index (χ0) is 10.1. The van der Waals surface area contributed by atoms with Gasteiger partial charge in [-0.25, -0.2) is 0 Å². The first-order valence-corrected chi connectivity index (χ1v) is 4.61.